The summed E-state index contributed by atoms with van der Waals surface area (Å²) in [6, 6.07) is 11.5. The Labute approximate surface area is 176 Å². The van der Waals surface area contributed by atoms with E-state index in [9.17, 15) is 9.18 Å². The average molecular weight is 433 g/mol. The summed E-state index contributed by atoms with van der Waals surface area (Å²) in [7, 11) is 1.59. The number of methoxy groups -OCH3 is 1. The molecule has 9 heteroatoms. The lowest BCUT2D eigenvalue weighted by Crippen LogP contribution is -2.14. The Kier molecular flexibility index (Phi) is 6.90. The molecule has 150 valence electrons. The summed E-state index contributed by atoms with van der Waals surface area (Å²) in [6.45, 7) is 4.25. The standard InChI is InChI=1S/C20H18ClFN4O2S/c1-3-10-26-19(14-6-4-5-7-17(14)28-2)24-25-20(26)29-12-18(27)23-13-8-9-16(22)15(21)11-13/h3-9,11H,1,10,12H2,2H3,(H,23,27). The molecule has 2 aromatic carbocycles. The zero-order valence-electron chi connectivity index (χ0n) is 15.6. The second-order valence-electron chi connectivity index (χ2n) is 5.87. The van der Waals surface area contributed by atoms with E-state index in [0.717, 1.165) is 5.56 Å². The smallest absolute Gasteiger partial charge is 0.234 e. The van der Waals surface area contributed by atoms with E-state index >= 15 is 0 Å². The molecule has 0 saturated heterocycles. The fraction of sp³-hybridized carbons (Fsp3) is 0.150. The van der Waals surface area contributed by atoms with E-state index in [0.29, 0.717) is 29.0 Å². The van der Waals surface area contributed by atoms with Crippen LogP contribution < -0.4 is 10.1 Å². The molecule has 0 radical (unpaired) electrons. The van der Waals surface area contributed by atoms with Crippen molar-refractivity contribution < 1.29 is 13.9 Å². The van der Waals surface area contributed by atoms with Gasteiger partial charge in [0.2, 0.25) is 5.91 Å². The number of carbonyl (C=O) groups is 1. The lowest BCUT2D eigenvalue weighted by atomic mass is 10.2. The number of rotatable bonds is 8. The maximum atomic E-state index is 13.2. The molecule has 1 heterocycles. The topological polar surface area (TPSA) is 69.0 Å². The van der Waals surface area contributed by atoms with Crippen LogP contribution in [0, 0.1) is 5.82 Å². The SMILES string of the molecule is C=CCn1c(SCC(=O)Nc2ccc(F)c(Cl)c2)nnc1-c1ccccc1OC. The van der Waals surface area contributed by atoms with E-state index in [-0.39, 0.29) is 16.7 Å². The van der Waals surface area contributed by atoms with Gasteiger partial charge in [-0.3, -0.25) is 9.36 Å². The van der Waals surface area contributed by atoms with Gasteiger partial charge in [-0.1, -0.05) is 41.6 Å². The molecule has 0 spiro atoms. The maximum Gasteiger partial charge on any atom is 0.234 e. The second kappa shape index (κ2) is 9.58. The molecule has 1 N–H and O–H groups in total. The number of amides is 1. The van der Waals surface area contributed by atoms with Gasteiger partial charge < -0.3 is 10.1 Å². The number of anilines is 1. The van der Waals surface area contributed by atoms with E-state index in [2.05, 4.69) is 22.1 Å². The minimum atomic E-state index is -0.541. The zero-order valence-corrected chi connectivity index (χ0v) is 17.1. The van der Waals surface area contributed by atoms with Crippen LogP contribution in [0.2, 0.25) is 5.02 Å². The number of halogens is 2. The lowest BCUT2D eigenvalue weighted by molar-refractivity contribution is -0.113. The van der Waals surface area contributed by atoms with Crippen molar-refractivity contribution in [3.63, 3.8) is 0 Å². The summed E-state index contributed by atoms with van der Waals surface area (Å²) >= 11 is 6.97. The Morgan fingerprint density at radius 3 is 2.86 bits per heavy atom. The van der Waals surface area contributed by atoms with Gasteiger partial charge in [-0.2, -0.15) is 0 Å². The Hall–Kier alpha value is -2.84. The normalized spacial score (nSPS) is 10.6. The van der Waals surface area contributed by atoms with E-state index in [1.54, 1.807) is 13.2 Å². The molecule has 3 rings (SSSR count). The number of hydrogen-bond acceptors (Lipinski definition) is 5. The first-order chi connectivity index (χ1) is 14.0. The number of benzene rings is 2. The molecule has 3 aromatic rings. The molecule has 6 nitrogen and oxygen atoms in total. The molecule has 0 atom stereocenters. The van der Waals surface area contributed by atoms with Crippen LogP contribution in [0.15, 0.2) is 60.3 Å². The molecule has 1 amide bonds. The van der Waals surface area contributed by atoms with Gasteiger partial charge in [0.1, 0.15) is 11.6 Å². The zero-order chi connectivity index (χ0) is 20.8. The van der Waals surface area contributed by atoms with E-state index in [1.807, 2.05) is 28.8 Å². The quantitative estimate of drug-likeness (QED) is 0.414. The molecule has 1 aromatic heterocycles. The van der Waals surface area contributed by atoms with Crippen LogP contribution in [0.5, 0.6) is 5.75 Å². The molecule has 29 heavy (non-hydrogen) atoms. The number of hydrogen-bond donors (Lipinski definition) is 1. The van der Waals surface area contributed by atoms with Crippen molar-refractivity contribution in [1.82, 2.24) is 14.8 Å². The van der Waals surface area contributed by atoms with Gasteiger partial charge in [0.15, 0.2) is 11.0 Å². The summed E-state index contributed by atoms with van der Waals surface area (Å²) in [5, 5.41) is 11.7. The number of carbonyl (C=O) groups excluding carboxylic acids is 1. The Morgan fingerprint density at radius 2 is 2.14 bits per heavy atom. The van der Waals surface area contributed by atoms with Gasteiger partial charge in [0.05, 0.1) is 23.4 Å². The summed E-state index contributed by atoms with van der Waals surface area (Å²) in [4.78, 5) is 12.3. The molecule has 0 unspecified atom stereocenters. The van der Waals surface area contributed by atoms with Gasteiger partial charge in [0.25, 0.3) is 0 Å². The van der Waals surface area contributed by atoms with Gasteiger partial charge in [-0.25, -0.2) is 4.39 Å². The van der Waals surface area contributed by atoms with E-state index in [4.69, 9.17) is 16.3 Å². The first kappa shape index (κ1) is 20.9. The van der Waals surface area contributed by atoms with Crippen molar-refractivity contribution in [1.29, 1.82) is 0 Å². The predicted molar refractivity (Wildman–Crippen MR) is 113 cm³/mol. The molecule has 0 bridgehead atoms. The number of nitrogens with one attached hydrogen (secondary N) is 1. The van der Waals surface area contributed by atoms with E-state index in [1.165, 1.54) is 30.0 Å². The number of ether oxygens (including phenoxy) is 1. The minimum Gasteiger partial charge on any atom is -0.496 e. The van der Waals surface area contributed by atoms with Crippen LogP contribution >= 0.6 is 23.4 Å². The highest BCUT2D eigenvalue weighted by Gasteiger charge is 2.17. The minimum absolute atomic E-state index is 0.0531. The van der Waals surface area contributed by atoms with Crippen LogP contribution in [0.3, 0.4) is 0 Å². The van der Waals surface area contributed by atoms with Gasteiger partial charge >= 0.3 is 0 Å². The third-order valence-electron chi connectivity index (χ3n) is 3.91. The van der Waals surface area contributed by atoms with Crippen molar-refractivity contribution in [3.8, 4) is 17.1 Å². The van der Waals surface area contributed by atoms with Crippen molar-refractivity contribution >= 4 is 35.0 Å². The fourth-order valence-electron chi connectivity index (χ4n) is 2.62. The predicted octanol–water partition coefficient (Wildman–Crippen LogP) is 4.66. The summed E-state index contributed by atoms with van der Waals surface area (Å²) < 4.78 is 20.5. The molecule has 0 aliphatic rings. The largest absolute Gasteiger partial charge is 0.496 e. The Morgan fingerprint density at radius 1 is 1.34 bits per heavy atom. The van der Waals surface area contributed by atoms with Gasteiger partial charge in [-0.15, -0.1) is 16.8 Å². The summed E-state index contributed by atoms with van der Waals surface area (Å²) in [5.41, 5.74) is 1.21. The monoisotopic (exact) mass is 432 g/mol. The summed E-state index contributed by atoms with van der Waals surface area (Å²) in [5.74, 6) is 0.573. The second-order valence-corrected chi connectivity index (χ2v) is 7.22. The first-order valence-electron chi connectivity index (χ1n) is 8.58. The Bertz CT molecular complexity index is 1040. The number of allylic oxidation sites excluding steroid dienone is 1. The van der Waals surface area contributed by atoms with Crippen LogP contribution in [-0.2, 0) is 11.3 Å². The third kappa shape index (κ3) is 4.96. The van der Waals surface area contributed by atoms with Crippen molar-refractivity contribution in [2.45, 2.75) is 11.7 Å². The van der Waals surface area contributed by atoms with Crippen molar-refractivity contribution in [2.24, 2.45) is 0 Å². The molecular formula is C20H18ClFN4O2S. The number of aromatic nitrogens is 3. The van der Waals surface area contributed by atoms with Crippen molar-refractivity contribution in [3.05, 3.63) is 66.0 Å². The van der Waals surface area contributed by atoms with Crippen molar-refractivity contribution in [2.75, 3.05) is 18.2 Å². The van der Waals surface area contributed by atoms with E-state index < -0.39 is 5.82 Å². The Balaban J connectivity index is 1.75. The molecule has 0 aliphatic carbocycles. The number of nitrogens with zero attached hydrogens (tertiary/aromatic N) is 3. The summed E-state index contributed by atoms with van der Waals surface area (Å²) in [6.07, 6.45) is 1.73. The van der Waals surface area contributed by atoms with Gasteiger partial charge in [-0.05, 0) is 30.3 Å². The van der Waals surface area contributed by atoms with Gasteiger partial charge in [0, 0.05) is 12.2 Å². The first-order valence-corrected chi connectivity index (χ1v) is 9.95. The highest BCUT2D eigenvalue weighted by atomic mass is 35.5. The number of thioether (sulfide) groups is 1. The van der Waals surface area contributed by atoms with Crippen LogP contribution in [0.25, 0.3) is 11.4 Å². The van der Waals surface area contributed by atoms with Crippen LogP contribution in [0.1, 0.15) is 0 Å². The molecule has 0 aliphatic heterocycles. The highest BCUT2D eigenvalue weighted by molar-refractivity contribution is 7.99. The molecule has 0 fully saturated rings. The van der Waals surface area contributed by atoms with Crippen LogP contribution in [-0.4, -0.2) is 33.5 Å². The number of para-hydroxylation sites is 1. The van der Waals surface area contributed by atoms with Crippen LogP contribution in [0.4, 0.5) is 10.1 Å². The fourth-order valence-corrected chi connectivity index (χ4v) is 3.55. The molecule has 0 saturated carbocycles. The third-order valence-corrected chi connectivity index (χ3v) is 5.17. The maximum absolute atomic E-state index is 13.2. The average Bonchev–Trinajstić information content (AvgIpc) is 3.12. The lowest BCUT2D eigenvalue weighted by Gasteiger charge is -2.10. The molecular weight excluding hydrogens is 415 g/mol. The highest BCUT2D eigenvalue weighted by Crippen LogP contribution is 2.31.